The van der Waals surface area contributed by atoms with Crippen molar-refractivity contribution in [3.05, 3.63) is 23.9 Å². The van der Waals surface area contributed by atoms with E-state index < -0.39 is 9.84 Å². The van der Waals surface area contributed by atoms with E-state index in [1.54, 1.807) is 6.07 Å². The maximum atomic E-state index is 12.6. The molecular formula is C16H25N3O2S. The topological polar surface area (TPSA) is 76.3 Å². The molecule has 3 heterocycles. The molecule has 0 unspecified atom stereocenters. The Bertz CT molecular complexity index is 671. The van der Waals surface area contributed by atoms with Crippen LogP contribution >= 0.6 is 0 Å². The van der Waals surface area contributed by atoms with Crippen LogP contribution in [0.25, 0.3) is 0 Å². The number of pyridine rings is 1. The lowest BCUT2D eigenvalue weighted by molar-refractivity contribution is 0.0376. The number of fused-ring (bicyclic) bond motifs is 1. The van der Waals surface area contributed by atoms with Crippen molar-refractivity contribution in [1.29, 1.82) is 0 Å². The summed E-state index contributed by atoms with van der Waals surface area (Å²) in [5, 5.41) is 0.186. The molecule has 2 N–H and O–H groups in total. The zero-order chi connectivity index (χ0) is 16.2. The Hall–Kier alpha value is -0.980. The number of sulfone groups is 1. The molecule has 0 radical (unpaired) electrons. The van der Waals surface area contributed by atoms with Crippen LogP contribution in [-0.4, -0.2) is 42.7 Å². The van der Waals surface area contributed by atoms with Gasteiger partial charge in [-0.15, -0.1) is 0 Å². The number of likely N-dealkylation sites (tertiary alicyclic amines) is 1. The number of aromatic nitrogens is 1. The number of nitrogens with zero attached hydrogens (tertiary/aromatic N) is 2. The third-order valence-electron chi connectivity index (χ3n) is 5.28. The van der Waals surface area contributed by atoms with E-state index in [1.807, 2.05) is 6.07 Å². The van der Waals surface area contributed by atoms with Crippen molar-refractivity contribution in [2.45, 2.75) is 50.2 Å². The summed E-state index contributed by atoms with van der Waals surface area (Å²) in [7, 11) is -3.35. The van der Waals surface area contributed by atoms with Crippen LogP contribution in [0.5, 0.6) is 0 Å². The van der Waals surface area contributed by atoms with Crippen molar-refractivity contribution in [3.8, 4) is 0 Å². The first-order chi connectivity index (χ1) is 10.2. The van der Waals surface area contributed by atoms with Gasteiger partial charge in [0.05, 0.1) is 5.75 Å². The summed E-state index contributed by atoms with van der Waals surface area (Å²) in [6.45, 7) is 8.37. The van der Waals surface area contributed by atoms with E-state index >= 15 is 0 Å². The van der Waals surface area contributed by atoms with Gasteiger partial charge in [0.25, 0.3) is 0 Å². The molecule has 2 aliphatic heterocycles. The standard InChI is InChI=1S/C16H25N3O2S/c1-15(2,3)19-9-6-16(7-10-19)11-22(20,21)14-12(13(16)17)5-4-8-18-14/h4-5,8,13H,6-7,9-11,17H2,1-3H3/t13-/m1/s1. The van der Waals surface area contributed by atoms with Gasteiger partial charge in [-0.25, -0.2) is 13.4 Å². The Kier molecular flexibility index (Phi) is 3.62. The maximum absolute atomic E-state index is 12.6. The van der Waals surface area contributed by atoms with Gasteiger partial charge in [-0.05, 0) is 52.8 Å². The fourth-order valence-electron chi connectivity index (χ4n) is 3.84. The third kappa shape index (κ3) is 2.47. The van der Waals surface area contributed by atoms with Gasteiger partial charge in [0.15, 0.2) is 14.9 Å². The van der Waals surface area contributed by atoms with Crippen LogP contribution in [0.3, 0.4) is 0 Å². The second-order valence-electron chi connectivity index (χ2n) is 7.65. The molecule has 1 saturated heterocycles. The highest BCUT2D eigenvalue weighted by atomic mass is 32.2. The summed E-state index contributed by atoms with van der Waals surface area (Å²) >= 11 is 0. The molecule has 0 amide bonds. The molecule has 3 rings (SSSR count). The number of piperidine rings is 1. The van der Waals surface area contributed by atoms with Crippen LogP contribution in [0.4, 0.5) is 0 Å². The van der Waals surface area contributed by atoms with Crippen LogP contribution in [-0.2, 0) is 9.84 Å². The fourth-order valence-corrected chi connectivity index (χ4v) is 5.98. The van der Waals surface area contributed by atoms with Crippen molar-refractivity contribution in [3.63, 3.8) is 0 Å². The van der Waals surface area contributed by atoms with Crippen LogP contribution < -0.4 is 5.73 Å². The largest absolute Gasteiger partial charge is 0.323 e. The van der Waals surface area contributed by atoms with Crippen molar-refractivity contribution >= 4 is 9.84 Å². The summed E-state index contributed by atoms with van der Waals surface area (Å²) in [5.74, 6) is 0.128. The van der Waals surface area contributed by atoms with E-state index in [2.05, 4.69) is 30.7 Å². The van der Waals surface area contributed by atoms with E-state index in [0.717, 1.165) is 25.9 Å². The number of rotatable bonds is 0. The molecule has 1 aromatic heterocycles. The molecule has 0 saturated carbocycles. The first-order valence-electron chi connectivity index (χ1n) is 7.84. The molecule has 1 atom stereocenters. The van der Waals surface area contributed by atoms with Gasteiger partial charge >= 0.3 is 0 Å². The average Bonchev–Trinajstić information content (AvgIpc) is 2.44. The second-order valence-corrected chi connectivity index (χ2v) is 9.56. The van der Waals surface area contributed by atoms with Crippen molar-refractivity contribution in [1.82, 2.24) is 9.88 Å². The maximum Gasteiger partial charge on any atom is 0.196 e. The Morgan fingerprint density at radius 3 is 2.55 bits per heavy atom. The first kappa shape index (κ1) is 15.9. The van der Waals surface area contributed by atoms with Crippen molar-refractivity contribution < 1.29 is 8.42 Å². The van der Waals surface area contributed by atoms with E-state index in [1.165, 1.54) is 6.20 Å². The van der Waals surface area contributed by atoms with Gasteiger partial charge in [0.1, 0.15) is 0 Å². The van der Waals surface area contributed by atoms with E-state index in [9.17, 15) is 8.42 Å². The zero-order valence-electron chi connectivity index (χ0n) is 13.5. The highest BCUT2D eigenvalue weighted by Gasteiger charge is 2.50. The Morgan fingerprint density at radius 1 is 1.32 bits per heavy atom. The van der Waals surface area contributed by atoms with Gasteiger partial charge in [0.2, 0.25) is 0 Å². The van der Waals surface area contributed by atoms with E-state index in [-0.39, 0.29) is 27.8 Å². The lowest BCUT2D eigenvalue weighted by Crippen LogP contribution is -2.55. The Labute approximate surface area is 132 Å². The highest BCUT2D eigenvalue weighted by molar-refractivity contribution is 7.91. The fraction of sp³-hybridized carbons (Fsp3) is 0.688. The highest BCUT2D eigenvalue weighted by Crippen LogP contribution is 2.48. The molecule has 0 bridgehead atoms. The van der Waals surface area contributed by atoms with Gasteiger partial charge in [-0.1, -0.05) is 6.07 Å². The molecule has 0 aliphatic carbocycles. The van der Waals surface area contributed by atoms with Gasteiger partial charge in [-0.3, -0.25) is 4.90 Å². The normalized spacial score (nSPS) is 27.5. The average molecular weight is 323 g/mol. The van der Waals surface area contributed by atoms with Crippen LogP contribution in [0.15, 0.2) is 23.4 Å². The smallest absolute Gasteiger partial charge is 0.196 e. The van der Waals surface area contributed by atoms with E-state index in [0.29, 0.717) is 5.56 Å². The van der Waals surface area contributed by atoms with Gasteiger partial charge < -0.3 is 5.73 Å². The van der Waals surface area contributed by atoms with Gasteiger partial charge in [-0.2, -0.15) is 0 Å². The third-order valence-corrected chi connectivity index (χ3v) is 7.16. The van der Waals surface area contributed by atoms with Crippen molar-refractivity contribution in [2.24, 2.45) is 11.1 Å². The van der Waals surface area contributed by atoms with Crippen LogP contribution in [0.2, 0.25) is 0 Å². The molecule has 5 nitrogen and oxygen atoms in total. The Balaban J connectivity index is 1.95. The minimum Gasteiger partial charge on any atom is -0.323 e. The quantitative estimate of drug-likeness (QED) is 0.787. The summed E-state index contributed by atoms with van der Waals surface area (Å²) in [6, 6.07) is 3.35. The van der Waals surface area contributed by atoms with Gasteiger partial charge in [0, 0.05) is 28.8 Å². The number of hydrogen-bond donors (Lipinski definition) is 1. The van der Waals surface area contributed by atoms with Crippen molar-refractivity contribution in [2.75, 3.05) is 18.8 Å². The van der Waals surface area contributed by atoms with Crippen LogP contribution in [0, 0.1) is 5.41 Å². The van der Waals surface area contributed by atoms with Crippen LogP contribution in [0.1, 0.15) is 45.2 Å². The summed E-state index contributed by atoms with van der Waals surface area (Å²) in [5.41, 5.74) is 6.96. The summed E-state index contributed by atoms with van der Waals surface area (Å²) in [4.78, 5) is 6.49. The lowest BCUT2D eigenvalue weighted by atomic mass is 9.71. The Morgan fingerprint density at radius 2 is 1.95 bits per heavy atom. The molecule has 2 aliphatic rings. The molecule has 1 spiro atoms. The number of hydrogen-bond acceptors (Lipinski definition) is 5. The second kappa shape index (κ2) is 5.01. The zero-order valence-corrected chi connectivity index (χ0v) is 14.4. The minimum absolute atomic E-state index is 0.110. The molecule has 0 aromatic carbocycles. The predicted octanol–water partition coefficient (Wildman–Crippen LogP) is 1.75. The molecule has 22 heavy (non-hydrogen) atoms. The van der Waals surface area contributed by atoms with E-state index in [4.69, 9.17) is 5.73 Å². The molecular weight excluding hydrogens is 298 g/mol. The summed E-state index contributed by atoms with van der Waals surface area (Å²) in [6.07, 6.45) is 3.17. The summed E-state index contributed by atoms with van der Waals surface area (Å²) < 4.78 is 25.3. The predicted molar refractivity (Wildman–Crippen MR) is 86.2 cm³/mol. The SMILES string of the molecule is CC(C)(C)N1CCC2(CC1)CS(=O)(=O)c1ncccc1[C@H]2N. The number of nitrogens with two attached hydrogens (primary N) is 1. The molecule has 1 fully saturated rings. The molecule has 122 valence electrons. The monoisotopic (exact) mass is 323 g/mol. The molecule has 6 heteroatoms. The lowest BCUT2D eigenvalue weighted by Gasteiger charge is -2.50. The molecule has 1 aromatic rings. The first-order valence-corrected chi connectivity index (χ1v) is 9.49. The minimum atomic E-state index is -3.35.